The number of rotatable bonds is 4. The van der Waals surface area contributed by atoms with Crippen molar-refractivity contribution in [2.75, 3.05) is 0 Å². The van der Waals surface area contributed by atoms with Gasteiger partial charge < -0.3 is 14.7 Å². The summed E-state index contributed by atoms with van der Waals surface area (Å²) in [5, 5.41) is 9.91. The maximum atomic E-state index is 13.3. The van der Waals surface area contributed by atoms with Crippen LogP contribution in [0.1, 0.15) is 42.5 Å². The van der Waals surface area contributed by atoms with Crippen LogP contribution in [0.5, 0.6) is 5.75 Å². The molecule has 0 spiro atoms. The number of fused-ring (bicyclic) bond motifs is 2. The third kappa shape index (κ3) is 3.58. The summed E-state index contributed by atoms with van der Waals surface area (Å²) in [6, 6.07) is 4.82. The van der Waals surface area contributed by atoms with Crippen LogP contribution in [0.3, 0.4) is 0 Å². The fraction of sp³-hybridized carbons (Fsp3) is 0.588. The first kappa shape index (κ1) is 18.0. The van der Waals surface area contributed by atoms with Crippen LogP contribution in [-0.4, -0.2) is 46.6 Å². The number of benzene rings is 1. The van der Waals surface area contributed by atoms with E-state index in [1.165, 1.54) is 18.2 Å². The first-order valence-corrected chi connectivity index (χ1v) is 8.24. The van der Waals surface area contributed by atoms with Crippen molar-refractivity contribution in [3.8, 4) is 5.75 Å². The Kier molecular flexibility index (Phi) is 4.90. The van der Waals surface area contributed by atoms with Gasteiger partial charge in [0.05, 0.1) is 11.7 Å². The second-order valence-electron chi connectivity index (χ2n) is 6.54. The molecule has 2 aliphatic heterocycles. The first-order chi connectivity index (χ1) is 11.8. The summed E-state index contributed by atoms with van der Waals surface area (Å²) < 4.78 is 55.5. The fourth-order valence-electron chi connectivity index (χ4n) is 3.75. The van der Waals surface area contributed by atoms with E-state index in [4.69, 9.17) is 0 Å². The molecule has 2 heterocycles. The third-order valence-corrected chi connectivity index (χ3v) is 4.80. The number of hydrogen-bond donors (Lipinski definition) is 1. The Labute approximate surface area is 142 Å². The average molecular weight is 361 g/mol. The Morgan fingerprint density at radius 3 is 2.40 bits per heavy atom. The van der Waals surface area contributed by atoms with Crippen LogP contribution in [0.25, 0.3) is 0 Å². The maximum absolute atomic E-state index is 13.3. The minimum absolute atomic E-state index is 0.170. The molecule has 1 N–H and O–H groups in total. The molecule has 1 amide bonds. The van der Waals surface area contributed by atoms with Crippen molar-refractivity contribution in [1.82, 2.24) is 4.90 Å². The van der Waals surface area contributed by atoms with Crippen LogP contribution in [0.2, 0.25) is 0 Å². The number of piperidine rings is 2. The van der Waals surface area contributed by atoms with Gasteiger partial charge in [0.1, 0.15) is 5.75 Å². The number of carbonyl (C=O) groups is 1. The standard InChI is InChI=1S/C17H19F4NO3/c18-16(19)17(20,21)25-14-7-2-1-6-13(14)15(24)22-10-4-3-5-11(22)9-12(23)8-10/h1-2,6-7,10-12,16,23H,3-5,8-9H2/t10-,11+,12?. The normalized spacial score (nSPS) is 26.6. The topological polar surface area (TPSA) is 49.8 Å². The van der Waals surface area contributed by atoms with Gasteiger partial charge in [-0.05, 0) is 44.2 Å². The summed E-state index contributed by atoms with van der Waals surface area (Å²) in [5.41, 5.74) is -0.170. The van der Waals surface area contributed by atoms with E-state index in [0.29, 0.717) is 12.8 Å². The summed E-state index contributed by atoms with van der Waals surface area (Å²) in [5.74, 6) is -1.09. The molecule has 3 rings (SSSR count). The molecule has 2 fully saturated rings. The molecule has 1 aromatic rings. The molecule has 1 aromatic carbocycles. The number of hydrogen-bond acceptors (Lipinski definition) is 3. The average Bonchev–Trinajstić information content (AvgIpc) is 2.53. The zero-order chi connectivity index (χ0) is 18.2. The van der Waals surface area contributed by atoms with Crippen LogP contribution < -0.4 is 4.74 Å². The van der Waals surface area contributed by atoms with E-state index in [-0.39, 0.29) is 17.6 Å². The molecule has 1 unspecified atom stereocenters. The number of para-hydroxylation sites is 1. The van der Waals surface area contributed by atoms with Crippen molar-refractivity contribution in [3.63, 3.8) is 0 Å². The van der Waals surface area contributed by atoms with E-state index in [1.807, 2.05) is 0 Å². The number of nitrogens with zero attached hydrogens (tertiary/aromatic N) is 1. The first-order valence-electron chi connectivity index (χ1n) is 8.24. The SMILES string of the molecule is O=C(c1ccccc1OC(F)(F)C(F)F)N1[C@@H]2CCC[C@H]1CC(O)C2. The minimum atomic E-state index is -4.68. The molecule has 2 saturated heterocycles. The highest BCUT2D eigenvalue weighted by Crippen LogP contribution is 2.37. The van der Waals surface area contributed by atoms with Gasteiger partial charge in [0.25, 0.3) is 5.91 Å². The van der Waals surface area contributed by atoms with Gasteiger partial charge >= 0.3 is 12.5 Å². The molecule has 3 atom stereocenters. The molecule has 8 heteroatoms. The largest absolute Gasteiger partial charge is 0.461 e. The van der Waals surface area contributed by atoms with E-state index >= 15 is 0 Å². The van der Waals surface area contributed by atoms with E-state index in [9.17, 15) is 27.5 Å². The van der Waals surface area contributed by atoms with Crippen molar-refractivity contribution < 1.29 is 32.2 Å². The number of aliphatic hydroxyl groups excluding tert-OH is 1. The van der Waals surface area contributed by atoms with Crippen LogP contribution in [0.15, 0.2) is 24.3 Å². The molecule has 138 valence electrons. The molecule has 0 aromatic heterocycles. The Balaban J connectivity index is 1.88. The van der Waals surface area contributed by atoms with Gasteiger partial charge in [-0.3, -0.25) is 4.79 Å². The van der Waals surface area contributed by atoms with Gasteiger partial charge in [-0.15, -0.1) is 0 Å². The Bertz CT molecular complexity index is 626. The zero-order valence-corrected chi connectivity index (χ0v) is 13.4. The van der Waals surface area contributed by atoms with E-state index in [2.05, 4.69) is 4.74 Å². The van der Waals surface area contributed by atoms with Crippen LogP contribution in [0, 0.1) is 0 Å². The summed E-state index contributed by atoms with van der Waals surface area (Å²) in [7, 11) is 0. The Hall–Kier alpha value is -1.83. The van der Waals surface area contributed by atoms with Gasteiger partial charge in [-0.1, -0.05) is 12.1 Å². The van der Waals surface area contributed by atoms with E-state index < -0.39 is 30.3 Å². The molecule has 0 saturated carbocycles. The summed E-state index contributed by atoms with van der Waals surface area (Å²) in [6.45, 7) is 0. The van der Waals surface area contributed by atoms with Crippen molar-refractivity contribution in [1.29, 1.82) is 0 Å². The highest BCUT2D eigenvalue weighted by molar-refractivity contribution is 5.97. The zero-order valence-electron chi connectivity index (χ0n) is 13.4. The van der Waals surface area contributed by atoms with E-state index in [1.54, 1.807) is 4.90 Å². The van der Waals surface area contributed by atoms with Gasteiger partial charge in [0.15, 0.2) is 0 Å². The predicted molar refractivity (Wildman–Crippen MR) is 80.9 cm³/mol. The Morgan fingerprint density at radius 1 is 1.20 bits per heavy atom. The molecular weight excluding hydrogens is 342 g/mol. The molecule has 0 radical (unpaired) electrons. The van der Waals surface area contributed by atoms with Crippen LogP contribution >= 0.6 is 0 Å². The quantitative estimate of drug-likeness (QED) is 0.836. The van der Waals surface area contributed by atoms with Gasteiger partial charge in [-0.2, -0.15) is 17.6 Å². The lowest BCUT2D eigenvalue weighted by Gasteiger charge is -2.47. The van der Waals surface area contributed by atoms with Crippen molar-refractivity contribution in [2.45, 2.75) is 62.8 Å². The molecule has 2 bridgehead atoms. The molecule has 0 aliphatic carbocycles. The number of halogens is 4. The third-order valence-electron chi connectivity index (χ3n) is 4.80. The summed E-state index contributed by atoms with van der Waals surface area (Å²) >= 11 is 0. The number of aliphatic hydroxyl groups is 1. The molecule has 4 nitrogen and oxygen atoms in total. The smallest absolute Gasteiger partial charge is 0.427 e. The second kappa shape index (κ2) is 6.82. The number of ether oxygens (including phenoxy) is 1. The number of alkyl halides is 4. The maximum Gasteiger partial charge on any atom is 0.461 e. The lowest BCUT2D eigenvalue weighted by atomic mass is 9.82. The molecule has 25 heavy (non-hydrogen) atoms. The fourth-order valence-corrected chi connectivity index (χ4v) is 3.75. The highest BCUT2D eigenvalue weighted by Gasteiger charge is 2.46. The lowest BCUT2D eigenvalue weighted by molar-refractivity contribution is -0.253. The van der Waals surface area contributed by atoms with Gasteiger partial charge in [0, 0.05) is 12.1 Å². The van der Waals surface area contributed by atoms with Crippen LogP contribution in [-0.2, 0) is 0 Å². The minimum Gasteiger partial charge on any atom is -0.427 e. The van der Waals surface area contributed by atoms with Gasteiger partial charge in [-0.25, -0.2) is 0 Å². The van der Waals surface area contributed by atoms with Crippen molar-refractivity contribution >= 4 is 5.91 Å². The number of amides is 1. The van der Waals surface area contributed by atoms with Gasteiger partial charge in [0.2, 0.25) is 0 Å². The Morgan fingerprint density at radius 2 is 1.80 bits per heavy atom. The monoisotopic (exact) mass is 361 g/mol. The van der Waals surface area contributed by atoms with Crippen molar-refractivity contribution in [3.05, 3.63) is 29.8 Å². The van der Waals surface area contributed by atoms with Crippen LogP contribution in [0.4, 0.5) is 17.6 Å². The lowest BCUT2D eigenvalue weighted by Crippen LogP contribution is -2.56. The molecule has 2 aliphatic rings. The van der Waals surface area contributed by atoms with Crippen molar-refractivity contribution in [2.24, 2.45) is 0 Å². The number of carbonyl (C=O) groups excluding carboxylic acids is 1. The summed E-state index contributed by atoms with van der Waals surface area (Å²) in [4.78, 5) is 14.5. The van der Waals surface area contributed by atoms with E-state index in [0.717, 1.165) is 25.3 Å². The predicted octanol–water partition coefficient (Wildman–Crippen LogP) is 3.44. The molecular formula is C17H19F4NO3. The summed E-state index contributed by atoms with van der Waals surface area (Å²) in [6.07, 6.45) is -5.95. The highest BCUT2D eigenvalue weighted by atomic mass is 19.3. The second-order valence-corrected chi connectivity index (χ2v) is 6.54.